The number of non-ortho nitro benzene ring substituents is 1. The molecule has 0 fully saturated rings. The van der Waals surface area contributed by atoms with Gasteiger partial charge in [-0.2, -0.15) is 0 Å². The Balaban J connectivity index is 2.42. The molecule has 102 valence electrons. The van der Waals surface area contributed by atoms with E-state index < -0.39 is 4.92 Å². The van der Waals surface area contributed by atoms with Crippen LogP contribution in [-0.4, -0.2) is 17.1 Å². The van der Waals surface area contributed by atoms with E-state index in [9.17, 15) is 15.2 Å². The summed E-state index contributed by atoms with van der Waals surface area (Å²) < 4.78 is 4.86. The van der Waals surface area contributed by atoms with Crippen molar-refractivity contribution in [2.45, 2.75) is 0 Å². The molecule has 0 bridgehead atoms. The highest BCUT2D eigenvalue weighted by atomic mass is 16.6. The average Bonchev–Trinajstić information content (AvgIpc) is 2.97. The van der Waals surface area contributed by atoms with Gasteiger partial charge in [0.15, 0.2) is 0 Å². The Kier molecular flexibility index (Phi) is 4.00. The van der Waals surface area contributed by atoms with E-state index in [0.29, 0.717) is 11.1 Å². The molecule has 5 nitrogen and oxygen atoms in total. The molecule has 2 rings (SSSR count). The molecule has 0 aromatic heterocycles. The van der Waals surface area contributed by atoms with Crippen molar-refractivity contribution in [3.8, 4) is 0 Å². The Morgan fingerprint density at radius 3 is 2.35 bits per heavy atom. The molecule has 1 aromatic carbocycles. The lowest BCUT2D eigenvalue weighted by Crippen LogP contribution is -1.94. The van der Waals surface area contributed by atoms with Crippen molar-refractivity contribution in [2.75, 3.05) is 7.11 Å². The number of nitro benzene ring substituents is 1. The van der Waals surface area contributed by atoms with Crippen LogP contribution in [0.1, 0.15) is 5.56 Å². The monoisotopic (exact) mass is 271 g/mol. The van der Waals surface area contributed by atoms with Crippen molar-refractivity contribution in [1.29, 1.82) is 0 Å². The Labute approximate surface area is 116 Å². The van der Waals surface area contributed by atoms with Gasteiger partial charge in [0.2, 0.25) is 0 Å². The van der Waals surface area contributed by atoms with Gasteiger partial charge in [0.05, 0.1) is 17.6 Å². The molecule has 20 heavy (non-hydrogen) atoms. The number of aliphatic hydroxyl groups is 1. The molecule has 0 radical (unpaired) electrons. The Bertz CT molecular complexity index is 622. The van der Waals surface area contributed by atoms with Crippen molar-refractivity contribution in [3.05, 3.63) is 81.8 Å². The van der Waals surface area contributed by atoms with Crippen molar-refractivity contribution in [3.63, 3.8) is 0 Å². The highest BCUT2D eigenvalue weighted by Crippen LogP contribution is 2.25. The highest BCUT2D eigenvalue weighted by molar-refractivity contribution is 5.77. The number of hydrogen-bond acceptors (Lipinski definition) is 4. The van der Waals surface area contributed by atoms with Crippen LogP contribution in [0.15, 0.2) is 66.2 Å². The standard InChI is InChI=1S/C15H13NO4/c1-20-15(17)14(10-11-4-2-3-5-11)12-6-8-13(9-7-12)16(18)19/h2-10,17H,1H3/b15-14-. The first-order valence-corrected chi connectivity index (χ1v) is 5.90. The summed E-state index contributed by atoms with van der Waals surface area (Å²) in [7, 11) is 1.36. The van der Waals surface area contributed by atoms with Gasteiger partial charge in [-0.1, -0.05) is 24.3 Å². The molecule has 0 spiro atoms. The third-order valence-electron chi connectivity index (χ3n) is 2.81. The molecule has 1 aromatic rings. The third kappa shape index (κ3) is 2.95. The Hall–Kier alpha value is -2.82. The third-order valence-corrected chi connectivity index (χ3v) is 2.81. The maximum Gasteiger partial charge on any atom is 0.284 e. The maximum atomic E-state index is 10.6. The number of benzene rings is 1. The van der Waals surface area contributed by atoms with Crippen LogP contribution in [0.5, 0.6) is 0 Å². The second-order valence-corrected chi connectivity index (χ2v) is 4.09. The maximum absolute atomic E-state index is 10.6. The SMILES string of the molecule is CO/C(O)=C(/C=C1C=CC=C1)c1ccc([N+](=O)[O-])cc1. The number of rotatable bonds is 4. The summed E-state index contributed by atoms with van der Waals surface area (Å²) in [5.74, 6) is -0.236. The van der Waals surface area contributed by atoms with E-state index in [1.54, 1.807) is 18.2 Å². The normalized spacial score (nSPS) is 14.2. The summed E-state index contributed by atoms with van der Waals surface area (Å²) in [5, 5.41) is 20.5. The minimum Gasteiger partial charge on any atom is -0.481 e. The van der Waals surface area contributed by atoms with Crippen LogP contribution in [0.3, 0.4) is 0 Å². The summed E-state index contributed by atoms with van der Waals surface area (Å²) in [5.41, 5.74) is 2.00. The molecule has 0 aliphatic heterocycles. The Morgan fingerprint density at radius 1 is 1.25 bits per heavy atom. The van der Waals surface area contributed by atoms with E-state index in [1.807, 2.05) is 24.3 Å². The number of nitrogens with zero attached hydrogens (tertiary/aromatic N) is 1. The number of nitro groups is 1. The van der Waals surface area contributed by atoms with Crippen molar-refractivity contribution >= 4 is 11.3 Å². The lowest BCUT2D eigenvalue weighted by molar-refractivity contribution is -0.384. The minimum absolute atomic E-state index is 0.00156. The lowest BCUT2D eigenvalue weighted by Gasteiger charge is -2.07. The second kappa shape index (κ2) is 5.88. The number of hydrogen-bond donors (Lipinski definition) is 1. The van der Waals surface area contributed by atoms with E-state index in [1.165, 1.54) is 19.2 Å². The molecular weight excluding hydrogens is 258 g/mol. The molecule has 5 heteroatoms. The summed E-state index contributed by atoms with van der Waals surface area (Å²) in [6.07, 6.45) is 9.27. The van der Waals surface area contributed by atoms with Crippen LogP contribution in [-0.2, 0) is 4.74 Å². The van der Waals surface area contributed by atoms with Gasteiger partial charge in [-0.15, -0.1) is 0 Å². The molecular formula is C15H13NO4. The van der Waals surface area contributed by atoms with Crippen LogP contribution in [0.25, 0.3) is 5.57 Å². The predicted octanol–water partition coefficient (Wildman–Crippen LogP) is 3.52. The quantitative estimate of drug-likeness (QED) is 0.516. The molecule has 1 aliphatic carbocycles. The van der Waals surface area contributed by atoms with Gasteiger partial charge in [-0.05, 0) is 29.3 Å². The molecule has 0 heterocycles. The smallest absolute Gasteiger partial charge is 0.284 e. The van der Waals surface area contributed by atoms with Crippen LogP contribution >= 0.6 is 0 Å². The first-order valence-electron chi connectivity index (χ1n) is 5.90. The zero-order valence-electron chi connectivity index (χ0n) is 10.8. The molecule has 1 N–H and O–H groups in total. The fourth-order valence-electron chi connectivity index (χ4n) is 1.79. The van der Waals surface area contributed by atoms with Gasteiger partial charge >= 0.3 is 0 Å². The fraction of sp³-hybridized carbons (Fsp3) is 0.0667. The van der Waals surface area contributed by atoms with E-state index in [2.05, 4.69) is 0 Å². The first-order chi connectivity index (χ1) is 9.61. The lowest BCUT2D eigenvalue weighted by atomic mass is 10.0. The number of aliphatic hydroxyl groups excluding tert-OH is 1. The molecule has 0 atom stereocenters. The summed E-state index contributed by atoms with van der Waals surface area (Å²) in [6.45, 7) is 0. The number of allylic oxidation sites excluding steroid dienone is 7. The van der Waals surface area contributed by atoms with Crippen molar-refractivity contribution < 1.29 is 14.8 Å². The van der Waals surface area contributed by atoms with Crippen LogP contribution in [0.2, 0.25) is 0 Å². The first kappa shape index (κ1) is 13.6. The number of methoxy groups -OCH3 is 1. The zero-order valence-corrected chi connectivity index (χ0v) is 10.8. The molecule has 1 aliphatic rings. The largest absolute Gasteiger partial charge is 0.481 e. The zero-order chi connectivity index (χ0) is 14.5. The van der Waals surface area contributed by atoms with Crippen LogP contribution in [0, 0.1) is 10.1 Å². The van der Waals surface area contributed by atoms with E-state index in [0.717, 1.165) is 5.57 Å². The van der Waals surface area contributed by atoms with Crippen LogP contribution in [0.4, 0.5) is 5.69 Å². The summed E-state index contributed by atoms with van der Waals surface area (Å²) >= 11 is 0. The molecule has 0 saturated carbocycles. The topological polar surface area (TPSA) is 72.6 Å². The minimum atomic E-state index is -0.468. The van der Waals surface area contributed by atoms with E-state index in [4.69, 9.17) is 4.74 Å². The Morgan fingerprint density at radius 2 is 1.85 bits per heavy atom. The van der Waals surface area contributed by atoms with Crippen molar-refractivity contribution in [1.82, 2.24) is 0 Å². The van der Waals surface area contributed by atoms with Gasteiger partial charge in [-0.3, -0.25) is 10.1 Å². The number of ether oxygens (including phenoxy) is 1. The van der Waals surface area contributed by atoms with E-state index in [-0.39, 0.29) is 11.6 Å². The molecule has 0 saturated heterocycles. The second-order valence-electron chi connectivity index (χ2n) is 4.09. The summed E-state index contributed by atoms with van der Waals surface area (Å²) in [4.78, 5) is 10.2. The summed E-state index contributed by atoms with van der Waals surface area (Å²) in [6, 6.07) is 5.92. The van der Waals surface area contributed by atoms with Gasteiger partial charge in [0.25, 0.3) is 11.6 Å². The van der Waals surface area contributed by atoms with Gasteiger partial charge in [-0.25, -0.2) is 0 Å². The predicted molar refractivity (Wildman–Crippen MR) is 76.0 cm³/mol. The van der Waals surface area contributed by atoms with Gasteiger partial charge in [0, 0.05) is 12.1 Å². The van der Waals surface area contributed by atoms with Crippen LogP contribution < -0.4 is 0 Å². The van der Waals surface area contributed by atoms with E-state index >= 15 is 0 Å². The molecule has 0 unspecified atom stereocenters. The average molecular weight is 271 g/mol. The fourth-order valence-corrected chi connectivity index (χ4v) is 1.79. The van der Waals surface area contributed by atoms with Gasteiger partial charge < -0.3 is 9.84 Å². The van der Waals surface area contributed by atoms with Crippen molar-refractivity contribution in [2.24, 2.45) is 0 Å². The van der Waals surface area contributed by atoms with Gasteiger partial charge in [0.1, 0.15) is 0 Å². The molecule has 0 amide bonds. The highest BCUT2D eigenvalue weighted by Gasteiger charge is 2.11.